The summed E-state index contributed by atoms with van der Waals surface area (Å²) < 4.78 is 8.91. The van der Waals surface area contributed by atoms with Gasteiger partial charge in [0.05, 0.1) is 0 Å². The summed E-state index contributed by atoms with van der Waals surface area (Å²) in [6, 6.07) is 0. The van der Waals surface area contributed by atoms with Gasteiger partial charge >= 0.3 is 108 Å². The van der Waals surface area contributed by atoms with Crippen LogP contribution in [0.5, 0.6) is 0 Å². The molecule has 94 valence electrons. The molecule has 4 heteroatoms. The van der Waals surface area contributed by atoms with E-state index < -0.39 is 0 Å². The quantitative estimate of drug-likeness (QED) is 0.185. The molecule has 2 aliphatic rings. The van der Waals surface area contributed by atoms with E-state index in [0.717, 1.165) is 25.7 Å². The van der Waals surface area contributed by atoms with Gasteiger partial charge in [0.15, 0.2) is 0 Å². The monoisotopic (exact) mass is 338 g/mol. The Morgan fingerprint density at radius 2 is 1.88 bits per heavy atom. The maximum absolute atomic E-state index is 12.1. The number of hydrogen-bond donors (Lipinski definition) is 1. The molecule has 1 saturated carbocycles. The van der Waals surface area contributed by atoms with Crippen LogP contribution in [0.2, 0.25) is 0 Å². The van der Waals surface area contributed by atoms with Crippen LogP contribution in [0.3, 0.4) is 0 Å². The molecule has 1 atom stereocenters. The van der Waals surface area contributed by atoms with Crippen LogP contribution in [-0.4, -0.2) is 15.1 Å². The van der Waals surface area contributed by atoms with Gasteiger partial charge in [0.2, 0.25) is 0 Å². The number of ether oxygens (including phenoxy) is 1. The zero-order valence-corrected chi connectivity index (χ0v) is 12.3. The molecular formula is C12H21INO2-. The van der Waals surface area contributed by atoms with Crippen molar-refractivity contribution in [1.82, 2.24) is 3.53 Å². The Labute approximate surface area is 108 Å². The summed E-state index contributed by atoms with van der Waals surface area (Å²) in [5, 5.41) is 0. The van der Waals surface area contributed by atoms with Gasteiger partial charge in [-0.1, -0.05) is 0 Å². The molecule has 1 aliphatic heterocycles. The predicted molar refractivity (Wildman–Crippen MR) is 58.4 cm³/mol. The third kappa shape index (κ3) is 2.37. The Morgan fingerprint density at radius 1 is 1.25 bits per heavy atom. The molecule has 3 nitrogen and oxygen atoms in total. The average molecular weight is 338 g/mol. The molecule has 0 spiro atoms. The first-order valence-electron chi connectivity index (χ1n) is 6.32. The summed E-state index contributed by atoms with van der Waals surface area (Å²) in [4.78, 5) is 12.1. The molecule has 0 radical (unpaired) electrons. The summed E-state index contributed by atoms with van der Waals surface area (Å²) in [6.45, 7) is 4.22. The fraction of sp³-hybridized carbons (Fsp3) is 0.917. The van der Waals surface area contributed by atoms with Gasteiger partial charge in [0.25, 0.3) is 0 Å². The summed E-state index contributed by atoms with van der Waals surface area (Å²) in [6.07, 6.45) is 7.70. The number of hydrogen-bond acceptors (Lipinski definition) is 3. The van der Waals surface area contributed by atoms with Crippen LogP contribution < -0.4 is 25.0 Å². The van der Waals surface area contributed by atoms with Crippen LogP contribution in [0.1, 0.15) is 58.8 Å². The molecule has 1 heterocycles. The first-order valence-corrected chi connectivity index (χ1v) is 8.48. The van der Waals surface area contributed by atoms with E-state index >= 15 is 0 Å². The van der Waals surface area contributed by atoms with Crippen molar-refractivity contribution in [2.24, 2.45) is 0 Å². The zero-order chi connectivity index (χ0) is 11.6. The number of nitrogens with one attached hydrogen (secondary N) is 1. The molecule has 1 unspecified atom stereocenters. The van der Waals surface area contributed by atoms with E-state index in [1.54, 1.807) is 0 Å². The third-order valence-electron chi connectivity index (χ3n) is 3.85. The summed E-state index contributed by atoms with van der Waals surface area (Å²) in [5.74, 6) is 0.0338. The van der Waals surface area contributed by atoms with Crippen LogP contribution in [0, 0.1) is 0 Å². The molecule has 1 saturated heterocycles. The van der Waals surface area contributed by atoms with Gasteiger partial charge in [0, 0.05) is 0 Å². The van der Waals surface area contributed by atoms with E-state index in [1.807, 2.05) is 0 Å². The molecule has 0 bridgehead atoms. The minimum atomic E-state index is -0.224. The SMILES string of the molecule is CCC1(OC(=O)C2(CC)N[I-]2)CCCCC1. The Kier molecular flexibility index (Phi) is 3.79. The normalized spacial score (nSPS) is 32.6. The van der Waals surface area contributed by atoms with Gasteiger partial charge < -0.3 is 0 Å². The van der Waals surface area contributed by atoms with Crippen molar-refractivity contribution in [2.45, 2.75) is 67.9 Å². The molecule has 1 aliphatic carbocycles. The number of rotatable bonds is 4. The molecule has 0 amide bonds. The summed E-state index contributed by atoms with van der Waals surface area (Å²) in [7, 11) is 0. The Morgan fingerprint density at radius 3 is 2.31 bits per heavy atom. The fourth-order valence-electron chi connectivity index (χ4n) is 2.41. The van der Waals surface area contributed by atoms with E-state index in [2.05, 4.69) is 17.4 Å². The fourth-order valence-corrected chi connectivity index (χ4v) is 4.05. The topological polar surface area (TPSA) is 48.2 Å². The van der Waals surface area contributed by atoms with Gasteiger partial charge in [-0.3, -0.25) is 0 Å². The van der Waals surface area contributed by atoms with Crippen LogP contribution in [0.4, 0.5) is 0 Å². The second-order valence-electron chi connectivity index (χ2n) is 4.83. The van der Waals surface area contributed by atoms with Gasteiger partial charge in [-0.2, -0.15) is 0 Å². The average Bonchev–Trinajstić information content (AvgIpc) is 3.11. The Bertz CT molecular complexity index is 270. The van der Waals surface area contributed by atoms with Crippen LogP contribution in [-0.2, 0) is 9.53 Å². The van der Waals surface area contributed by atoms with Crippen LogP contribution in [0.15, 0.2) is 0 Å². The van der Waals surface area contributed by atoms with Gasteiger partial charge in [-0.15, -0.1) is 0 Å². The Hall–Kier alpha value is 0.160. The number of halogens is 1. The van der Waals surface area contributed by atoms with Crippen molar-refractivity contribution < 1.29 is 31.0 Å². The van der Waals surface area contributed by atoms with E-state index in [0.29, 0.717) is 0 Å². The van der Waals surface area contributed by atoms with Crippen molar-refractivity contribution in [3.05, 3.63) is 0 Å². The molecule has 0 aromatic rings. The van der Waals surface area contributed by atoms with Crippen molar-refractivity contribution >= 4 is 5.97 Å². The third-order valence-corrected chi connectivity index (χ3v) is 6.90. The molecule has 16 heavy (non-hydrogen) atoms. The van der Waals surface area contributed by atoms with E-state index in [9.17, 15) is 4.79 Å². The molecule has 0 aromatic heterocycles. The van der Waals surface area contributed by atoms with Gasteiger partial charge in [0.1, 0.15) is 0 Å². The van der Waals surface area contributed by atoms with Gasteiger partial charge in [-0.25, -0.2) is 0 Å². The van der Waals surface area contributed by atoms with Crippen molar-refractivity contribution in [2.75, 3.05) is 0 Å². The Balaban J connectivity index is 1.98. The minimum absolute atomic E-state index is 0.0338. The second kappa shape index (κ2) is 4.80. The number of carbonyl (C=O) groups is 1. The molecular weight excluding hydrogens is 317 g/mol. The number of carbonyl (C=O) groups excluding carboxylic acids is 1. The first-order chi connectivity index (χ1) is 7.66. The van der Waals surface area contributed by atoms with E-state index in [1.165, 1.54) is 19.3 Å². The van der Waals surface area contributed by atoms with Crippen LogP contribution in [0.25, 0.3) is 0 Å². The maximum atomic E-state index is 12.1. The van der Waals surface area contributed by atoms with Crippen molar-refractivity contribution in [1.29, 1.82) is 0 Å². The molecule has 1 N–H and O–H groups in total. The standard InChI is InChI=1S/C12H21INO2/c1-3-11(8-6-5-7-9-11)16-10(15)12(4-2)13-14-12/h14H,3-9H2,1-2H3/q-1. The van der Waals surface area contributed by atoms with Gasteiger partial charge in [-0.05, 0) is 0 Å². The van der Waals surface area contributed by atoms with Crippen LogP contribution >= 0.6 is 0 Å². The van der Waals surface area contributed by atoms with Crippen molar-refractivity contribution in [3.8, 4) is 0 Å². The molecule has 2 fully saturated rings. The summed E-state index contributed by atoms with van der Waals surface area (Å²) >= 11 is -0.135. The molecule has 0 aromatic carbocycles. The summed E-state index contributed by atoms with van der Waals surface area (Å²) in [5.41, 5.74) is -0.133. The molecule has 2 rings (SSSR count). The first kappa shape index (κ1) is 12.6. The van der Waals surface area contributed by atoms with E-state index in [-0.39, 0.29) is 36.6 Å². The number of esters is 1. The second-order valence-corrected chi connectivity index (χ2v) is 7.75. The van der Waals surface area contributed by atoms with E-state index in [4.69, 9.17) is 4.74 Å². The zero-order valence-electron chi connectivity index (χ0n) is 10.1. The predicted octanol–water partition coefficient (Wildman–Crippen LogP) is -0.644. The number of alkyl halides is 1. The van der Waals surface area contributed by atoms with Crippen molar-refractivity contribution in [3.63, 3.8) is 0 Å².